The number of nitrogens with one attached hydrogen (secondary N) is 1. The highest BCUT2D eigenvalue weighted by atomic mass is 19.4. The summed E-state index contributed by atoms with van der Waals surface area (Å²) < 4.78 is 45.1. The maximum absolute atomic E-state index is 13.4. The molecular weight excluding hydrogens is 337 g/mol. The molecule has 1 heterocycles. The predicted molar refractivity (Wildman–Crippen MR) is 84.9 cm³/mol. The minimum absolute atomic E-state index is 0.170. The van der Waals surface area contributed by atoms with Crippen LogP contribution in [-0.4, -0.2) is 48.6 Å². The molecule has 1 aliphatic rings. The van der Waals surface area contributed by atoms with E-state index in [-0.39, 0.29) is 37.5 Å². The van der Waals surface area contributed by atoms with Gasteiger partial charge in [0.1, 0.15) is 6.04 Å². The summed E-state index contributed by atoms with van der Waals surface area (Å²) in [7, 11) is 1.50. The number of halogens is 3. The molecule has 0 radical (unpaired) electrons. The van der Waals surface area contributed by atoms with Crippen molar-refractivity contribution in [3.05, 3.63) is 35.4 Å². The van der Waals surface area contributed by atoms with Gasteiger partial charge in [0, 0.05) is 32.2 Å². The molecule has 1 aromatic rings. The van der Waals surface area contributed by atoms with Crippen molar-refractivity contribution < 1.29 is 27.5 Å². The van der Waals surface area contributed by atoms with Crippen molar-refractivity contribution in [2.75, 3.05) is 13.7 Å². The molecule has 0 unspecified atom stereocenters. The highest BCUT2D eigenvalue weighted by Gasteiger charge is 2.48. The van der Waals surface area contributed by atoms with E-state index >= 15 is 0 Å². The van der Waals surface area contributed by atoms with E-state index in [1.165, 1.54) is 26.2 Å². The first-order valence-electron chi connectivity index (χ1n) is 7.95. The summed E-state index contributed by atoms with van der Waals surface area (Å²) in [6.45, 7) is 1.39. The number of rotatable bonds is 4. The quantitative estimate of drug-likeness (QED) is 0.900. The van der Waals surface area contributed by atoms with Gasteiger partial charge in [-0.2, -0.15) is 13.2 Å². The molecule has 1 saturated heterocycles. The van der Waals surface area contributed by atoms with Crippen molar-refractivity contribution in [3.63, 3.8) is 0 Å². The van der Waals surface area contributed by atoms with E-state index in [2.05, 4.69) is 5.32 Å². The number of nitrogens with zero attached hydrogens (tertiary/aromatic N) is 1. The molecule has 2 rings (SSSR count). The number of alkyl halides is 3. The third-order valence-corrected chi connectivity index (χ3v) is 4.11. The van der Waals surface area contributed by atoms with E-state index in [0.29, 0.717) is 5.56 Å². The molecule has 0 spiro atoms. The predicted octanol–water partition coefficient (Wildman–Crippen LogP) is 2.50. The average molecular weight is 358 g/mol. The third-order valence-electron chi connectivity index (χ3n) is 4.11. The highest BCUT2D eigenvalue weighted by Crippen LogP contribution is 2.33. The maximum Gasteiger partial charge on any atom is 0.408 e. The summed E-state index contributed by atoms with van der Waals surface area (Å²) in [4.78, 5) is 24.7. The van der Waals surface area contributed by atoms with E-state index < -0.39 is 24.2 Å². The van der Waals surface area contributed by atoms with Crippen molar-refractivity contribution >= 4 is 11.8 Å². The number of ether oxygens (including phenoxy) is 1. The zero-order valence-electron chi connectivity index (χ0n) is 14.1. The van der Waals surface area contributed by atoms with Crippen molar-refractivity contribution in [2.45, 2.75) is 44.6 Å². The van der Waals surface area contributed by atoms with Crippen molar-refractivity contribution in [2.24, 2.45) is 0 Å². The second-order valence-corrected chi connectivity index (χ2v) is 6.12. The zero-order chi connectivity index (χ0) is 18.6. The maximum atomic E-state index is 13.4. The van der Waals surface area contributed by atoms with Crippen LogP contribution in [0.15, 0.2) is 24.3 Å². The fourth-order valence-electron chi connectivity index (χ4n) is 3.07. The van der Waals surface area contributed by atoms with Gasteiger partial charge in [-0.15, -0.1) is 0 Å². The first-order valence-corrected chi connectivity index (χ1v) is 7.95. The summed E-state index contributed by atoms with van der Waals surface area (Å²) in [6.07, 6.45) is -4.57. The number of carbonyl (C=O) groups excluding carboxylic acids is 2. The number of benzene rings is 1. The smallest absolute Gasteiger partial charge is 0.380 e. The molecule has 0 saturated carbocycles. The molecule has 25 heavy (non-hydrogen) atoms. The first kappa shape index (κ1) is 19.2. The second-order valence-electron chi connectivity index (χ2n) is 6.12. The molecule has 0 aliphatic carbocycles. The van der Waals surface area contributed by atoms with Crippen LogP contribution in [0.25, 0.3) is 0 Å². The van der Waals surface area contributed by atoms with E-state index in [0.717, 1.165) is 4.90 Å². The number of carbonyl (C=O) groups is 2. The first-order chi connectivity index (χ1) is 11.7. The Kier molecular flexibility index (Phi) is 6.05. The van der Waals surface area contributed by atoms with Crippen LogP contribution in [-0.2, 0) is 16.1 Å². The lowest BCUT2D eigenvalue weighted by atomic mass is 9.96. The van der Waals surface area contributed by atoms with Gasteiger partial charge in [-0.1, -0.05) is 12.1 Å². The van der Waals surface area contributed by atoms with Gasteiger partial charge in [-0.3, -0.25) is 9.59 Å². The van der Waals surface area contributed by atoms with Gasteiger partial charge in [0.15, 0.2) is 0 Å². The van der Waals surface area contributed by atoms with E-state index in [9.17, 15) is 22.8 Å². The van der Waals surface area contributed by atoms with Gasteiger partial charge in [0.2, 0.25) is 5.91 Å². The van der Waals surface area contributed by atoms with Crippen molar-refractivity contribution in [3.8, 4) is 0 Å². The average Bonchev–Trinajstić information content (AvgIpc) is 2.53. The Hall–Kier alpha value is -2.09. The van der Waals surface area contributed by atoms with Crippen LogP contribution in [0.3, 0.4) is 0 Å². The molecule has 1 fully saturated rings. The number of hydrogen-bond donors (Lipinski definition) is 1. The Labute approximate surface area is 144 Å². The summed E-state index contributed by atoms with van der Waals surface area (Å²) >= 11 is 0. The minimum atomic E-state index is -4.51. The Balaban J connectivity index is 2.26. The molecule has 1 N–H and O–H groups in total. The summed E-state index contributed by atoms with van der Waals surface area (Å²) in [5.41, 5.74) is 0.875. The fourth-order valence-corrected chi connectivity index (χ4v) is 3.07. The molecule has 2 atom stereocenters. The van der Waals surface area contributed by atoms with Crippen LogP contribution < -0.4 is 5.32 Å². The van der Waals surface area contributed by atoms with E-state index in [1.54, 1.807) is 12.1 Å². The monoisotopic (exact) mass is 358 g/mol. The topological polar surface area (TPSA) is 58.6 Å². The standard InChI is InChI=1S/C17H21F3N2O3/c1-11(23)21-14-6-7-15(17(18,19)20)22(9-14)16(24)13-5-3-4-12(8-13)10-25-2/h3-5,8,14-15H,6-7,9-10H2,1-2H3,(H,21,23)/t14-,15-/m0/s1. The normalized spacial score (nSPS) is 21.1. The highest BCUT2D eigenvalue weighted by molar-refractivity contribution is 5.94. The van der Waals surface area contributed by atoms with Crippen molar-refractivity contribution in [1.82, 2.24) is 10.2 Å². The van der Waals surface area contributed by atoms with Crippen LogP contribution in [0, 0.1) is 0 Å². The fraction of sp³-hybridized carbons (Fsp3) is 0.529. The molecule has 1 aliphatic heterocycles. The molecule has 0 aromatic heterocycles. The number of hydrogen-bond acceptors (Lipinski definition) is 3. The summed E-state index contributed by atoms with van der Waals surface area (Å²) in [6, 6.07) is 4.02. The molecule has 5 nitrogen and oxygen atoms in total. The number of piperidine rings is 1. The molecular formula is C17H21F3N2O3. The number of likely N-dealkylation sites (tertiary alicyclic amines) is 1. The molecule has 1 aromatic carbocycles. The number of methoxy groups -OCH3 is 1. The van der Waals surface area contributed by atoms with Crippen LogP contribution in [0.4, 0.5) is 13.2 Å². The van der Waals surface area contributed by atoms with Gasteiger partial charge >= 0.3 is 6.18 Å². The molecule has 8 heteroatoms. The Bertz CT molecular complexity index is 634. The SMILES string of the molecule is COCc1cccc(C(=O)N2C[C@@H](NC(C)=O)CC[C@H]2C(F)(F)F)c1. The van der Waals surface area contributed by atoms with Crippen molar-refractivity contribution in [1.29, 1.82) is 0 Å². The van der Waals surface area contributed by atoms with Gasteiger partial charge in [0.25, 0.3) is 5.91 Å². The van der Waals surface area contributed by atoms with Crippen LogP contribution >= 0.6 is 0 Å². The van der Waals surface area contributed by atoms with Gasteiger partial charge in [-0.05, 0) is 30.5 Å². The number of amides is 2. The summed E-state index contributed by atoms with van der Waals surface area (Å²) in [5, 5.41) is 2.60. The third kappa shape index (κ3) is 4.94. The van der Waals surface area contributed by atoms with Crippen LogP contribution in [0.5, 0.6) is 0 Å². The molecule has 0 bridgehead atoms. The van der Waals surface area contributed by atoms with E-state index in [1.807, 2.05) is 0 Å². The lowest BCUT2D eigenvalue weighted by Crippen LogP contribution is -2.58. The van der Waals surface area contributed by atoms with Gasteiger partial charge in [-0.25, -0.2) is 0 Å². The summed E-state index contributed by atoms with van der Waals surface area (Å²) in [5.74, 6) is -1.03. The lowest BCUT2D eigenvalue weighted by Gasteiger charge is -2.40. The molecule has 138 valence electrons. The Morgan fingerprint density at radius 3 is 2.64 bits per heavy atom. The van der Waals surface area contributed by atoms with Gasteiger partial charge in [0.05, 0.1) is 6.61 Å². The van der Waals surface area contributed by atoms with Crippen LogP contribution in [0.1, 0.15) is 35.7 Å². The Morgan fingerprint density at radius 1 is 1.32 bits per heavy atom. The van der Waals surface area contributed by atoms with E-state index in [4.69, 9.17) is 4.74 Å². The van der Waals surface area contributed by atoms with Crippen LogP contribution in [0.2, 0.25) is 0 Å². The zero-order valence-corrected chi connectivity index (χ0v) is 14.1. The largest absolute Gasteiger partial charge is 0.408 e. The molecule has 2 amide bonds. The minimum Gasteiger partial charge on any atom is -0.380 e. The Morgan fingerprint density at radius 2 is 2.04 bits per heavy atom. The van der Waals surface area contributed by atoms with Gasteiger partial charge < -0.3 is 15.0 Å². The lowest BCUT2D eigenvalue weighted by molar-refractivity contribution is -0.184. The second kappa shape index (κ2) is 7.86.